The molecule has 0 radical (unpaired) electrons. The van der Waals surface area contributed by atoms with Crippen molar-refractivity contribution < 1.29 is 24.2 Å². The molecule has 0 heterocycles. The third-order valence-corrected chi connectivity index (χ3v) is 3.79. The minimum atomic E-state index is -0.911. The van der Waals surface area contributed by atoms with Crippen LogP contribution in [0.3, 0.4) is 0 Å². The van der Waals surface area contributed by atoms with Crippen LogP contribution in [-0.2, 0) is 14.3 Å². The first-order valence-corrected chi connectivity index (χ1v) is 9.94. The summed E-state index contributed by atoms with van der Waals surface area (Å²) in [5.41, 5.74) is -0.315. The van der Waals surface area contributed by atoms with E-state index in [0.717, 1.165) is 5.56 Å². The molecule has 0 aliphatic rings. The fourth-order valence-electron chi connectivity index (χ4n) is 2.58. The van der Waals surface area contributed by atoms with E-state index >= 15 is 0 Å². The molecule has 0 bridgehead atoms. The highest BCUT2D eigenvalue weighted by Crippen LogP contribution is 2.18. The Morgan fingerprint density at radius 2 is 1.62 bits per heavy atom. The Balaban J connectivity index is 2.82. The summed E-state index contributed by atoms with van der Waals surface area (Å²) in [7, 11) is 0. The van der Waals surface area contributed by atoms with Crippen molar-refractivity contribution in [2.45, 2.75) is 71.6 Å². The van der Waals surface area contributed by atoms with Crippen molar-refractivity contribution in [2.75, 3.05) is 6.61 Å². The van der Waals surface area contributed by atoms with Gasteiger partial charge < -0.3 is 19.9 Å². The molecule has 0 spiro atoms. The lowest BCUT2D eigenvalue weighted by Gasteiger charge is -2.27. The van der Waals surface area contributed by atoms with E-state index in [1.807, 2.05) is 42.5 Å². The highest BCUT2D eigenvalue weighted by atomic mass is 16.6. The van der Waals surface area contributed by atoms with Gasteiger partial charge >= 0.3 is 12.1 Å². The van der Waals surface area contributed by atoms with Crippen LogP contribution in [0.5, 0.6) is 0 Å². The first-order chi connectivity index (χ1) is 13.4. The summed E-state index contributed by atoms with van der Waals surface area (Å²) in [6.07, 6.45) is 4.03. The summed E-state index contributed by atoms with van der Waals surface area (Å²) in [5.74, 6) is -0.767. The van der Waals surface area contributed by atoms with Gasteiger partial charge in [0.15, 0.2) is 0 Å². The van der Waals surface area contributed by atoms with Gasteiger partial charge in [-0.25, -0.2) is 9.59 Å². The largest absolute Gasteiger partial charge is 0.458 e. The van der Waals surface area contributed by atoms with Gasteiger partial charge in [-0.15, -0.1) is 0 Å². The smallest absolute Gasteiger partial charge is 0.408 e. The third kappa shape index (κ3) is 11.3. The van der Waals surface area contributed by atoms with Gasteiger partial charge in [-0.3, -0.25) is 0 Å². The maximum absolute atomic E-state index is 12.6. The molecule has 2 N–H and O–H groups in total. The van der Waals surface area contributed by atoms with Gasteiger partial charge in [-0.1, -0.05) is 42.5 Å². The average molecular weight is 406 g/mol. The van der Waals surface area contributed by atoms with E-state index in [2.05, 4.69) is 5.32 Å². The zero-order valence-corrected chi connectivity index (χ0v) is 18.4. The van der Waals surface area contributed by atoms with E-state index in [-0.39, 0.29) is 18.9 Å². The Kier molecular flexibility index (Phi) is 9.37. The Morgan fingerprint density at radius 1 is 1.03 bits per heavy atom. The third-order valence-electron chi connectivity index (χ3n) is 3.79. The van der Waals surface area contributed by atoms with E-state index < -0.39 is 29.3 Å². The summed E-state index contributed by atoms with van der Waals surface area (Å²) in [4.78, 5) is 24.8. The van der Waals surface area contributed by atoms with Crippen molar-refractivity contribution >= 4 is 18.1 Å². The number of carbonyl (C=O) groups is 2. The SMILES string of the molecule is CC(C)(C)OC(=O)N[C@@H](C[C@@H](CO)C/C=C/c1ccccc1)C(=O)OC(C)(C)C. The predicted molar refractivity (Wildman–Crippen MR) is 114 cm³/mol. The topological polar surface area (TPSA) is 84.9 Å². The second kappa shape index (κ2) is 11.0. The molecular formula is C23H35NO5. The van der Waals surface area contributed by atoms with Crippen LogP contribution in [0.2, 0.25) is 0 Å². The summed E-state index contributed by atoms with van der Waals surface area (Å²) >= 11 is 0. The van der Waals surface area contributed by atoms with Crippen LogP contribution >= 0.6 is 0 Å². The molecule has 0 unspecified atom stereocenters. The molecule has 6 nitrogen and oxygen atoms in total. The first-order valence-electron chi connectivity index (χ1n) is 9.94. The minimum Gasteiger partial charge on any atom is -0.458 e. The Labute approximate surface area is 174 Å². The average Bonchev–Trinajstić information content (AvgIpc) is 2.57. The fraction of sp³-hybridized carbons (Fsp3) is 0.565. The van der Waals surface area contributed by atoms with Crippen molar-refractivity contribution in [1.82, 2.24) is 5.32 Å². The zero-order valence-electron chi connectivity index (χ0n) is 18.4. The Morgan fingerprint density at radius 3 is 2.14 bits per heavy atom. The normalized spacial score (nSPS) is 14.3. The maximum Gasteiger partial charge on any atom is 0.408 e. The number of hydrogen-bond acceptors (Lipinski definition) is 5. The van der Waals surface area contributed by atoms with Crippen molar-refractivity contribution in [1.29, 1.82) is 0 Å². The molecule has 29 heavy (non-hydrogen) atoms. The van der Waals surface area contributed by atoms with Crippen LogP contribution < -0.4 is 5.32 Å². The lowest BCUT2D eigenvalue weighted by Crippen LogP contribution is -2.47. The molecule has 0 aliphatic heterocycles. The Bertz CT molecular complexity index is 671. The van der Waals surface area contributed by atoms with Gasteiger partial charge in [0, 0.05) is 6.61 Å². The Hall–Kier alpha value is -2.34. The van der Waals surface area contributed by atoms with E-state index in [9.17, 15) is 14.7 Å². The molecular weight excluding hydrogens is 370 g/mol. The van der Waals surface area contributed by atoms with Gasteiger partial charge in [-0.05, 0) is 65.9 Å². The predicted octanol–water partition coefficient (Wildman–Crippen LogP) is 4.32. The van der Waals surface area contributed by atoms with Crippen molar-refractivity contribution in [2.24, 2.45) is 5.92 Å². The number of ether oxygens (including phenoxy) is 2. The molecule has 1 aromatic rings. The molecule has 0 aliphatic carbocycles. The maximum atomic E-state index is 12.6. The molecule has 0 saturated heterocycles. The number of rotatable bonds is 8. The molecule has 162 valence electrons. The summed E-state index contributed by atoms with van der Waals surface area (Å²) in [6.45, 7) is 10.4. The number of esters is 1. The lowest BCUT2D eigenvalue weighted by atomic mass is 9.96. The number of carbonyl (C=O) groups excluding carboxylic acids is 2. The number of amides is 1. The van der Waals surface area contributed by atoms with Crippen LogP contribution in [0, 0.1) is 5.92 Å². The lowest BCUT2D eigenvalue weighted by molar-refractivity contribution is -0.158. The molecule has 1 rings (SSSR count). The number of allylic oxidation sites excluding steroid dienone is 1. The molecule has 2 atom stereocenters. The molecule has 6 heteroatoms. The number of benzene rings is 1. The second-order valence-electron chi connectivity index (χ2n) is 9.07. The van der Waals surface area contributed by atoms with Crippen LogP contribution in [0.15, 0.2) is 36.4 Å². The number of alkyl carbamates (subject to hydrolysis) is 1. The van der Waals surface area contributed by atoms with Crippen molar-refractivity contribution in [3.05, 3.63) is 42.0 Å². The number of nitrogens with one attached hydrogen (secondary N) is 1. The van der Waals surface area contributed by atoms with Crippen LogP contribution in [-0.4, -0.2) is 41.0 Å². The molecule has 0 saturated carbocycles. The summed E-state index contributed by atoms with van der Waals surface area (Å²) < 4.78 is 10.7. The van der Waals surface area contributed by atoms with Gasteiger partial charge in [0.25, 0.3) is 0 Å². The molecule has 0 aromatic heterocycles. The number of aliphatic hydroxyl groups excluding tert-OH is 1. The van der Waals surface area contributed by atoms with Crippen LogP contribution in [0.25, 0.3) is 6.08 Å². The monoisotopic (exact) mass is 405 g/mol. The van der Waals surface area contributed by atoms with Gasteiger partial charge in [0.1, 0.15) is 17.2 Å². The molecule has 1 aromatic carbocycles. The standard InChI is InChI=1S/C23H35NO5/c1-22(2,3)28-20(26)19(24-21(27)29-23(4,5)6)15-18(16-25)14-10-13-17-11-8-7-9-12-17/h7-13,18-19,25H,14-16H2,1-6H3,(H,24,27)/b13-10+/t18-,19-/m0/s1. The summed E-state index contributed by atoms with van der Waals surface area (Å²) in [5, 5.41) is 12.4. The van der Waals surface area contributed by atoms with Gasteiger partial charge in [-0.2, -0.15) is 0 Å². The number of hydrogen-bond donors (Lipinski definition) is 2. The highest BCUT2D eigenvalue weighted by molar-refractivity contribution is 5.81. The summed E-state index contributed by atoms with van der Waals surface area (Å²) in [6, 6.07) is 8.91. The highest BCUT2D eigenvalue weighted by Gasteiger charge is 2.30. The van der Waals surface area contributed by atoms with Crippen molar-refractivity contribution in [3.63, 3.8) is 0 Å². The van der Waals surface area contributed by atoms with E-state index in [0.29, 0.717) is 6.42 Å². The van der Waals surface area contributed by atoms with Gasteiger partial charge in [0.05, 0.1) is 0 Å². The van der Waals surface area contributed by atoms with E-state index in [1.165, 1.54) is 0 Å². The van der Waals surface area contributed by atoms with E-state index in [1.54, 1.807) is 41.5 Å². The number of aliphatic hydroxyl groups is 1. The van der Waals surface area contributed by atoms with E-state index in [4.69, 9.17) is 9.47 Å². The minimum absolute atomic E-state index is 0.117. The van der Waals surface area contributed by atoms with Crippen LogP contribution in [0.4, 0.5) is 4.79 Å². The van der Waals surface area contributed by atoms with Crippen LogP contribution in [0.1, 0.15) is 59.9 Å². The molecule has 1 amide bonds. The quantitative estimate of drug-likeness (QED) is 0.629. The van der Waals surface area contributed by atoms with Gasteiger partial charge in [0.2, 0.25) is 0 Å². The van der Waals surface area contributed by atoms with Crippen molar-refractivity contribution in [3.8, 4) is 0 Å². The molecule has 0 fully saturated rings. The fourth-order valence-corrected chi connectivity index (χ4v) is 2.58. The zero-order chi connectivity index (χ0) is 22.1. The second-order valence-corrected chi connectivity index (χ2v) is 9.07. The first kappa shape index (κ1) is 24.7.